The molecule has 0 aliphatic heterocycles. The molecule has 0 spiro atoms. The molecular formula is C18H19N7O2S. The van der Waals surface area contributed by atoms with Crippen molar-refractivity contribution < 1.29 is 8.42 Å². The summed E-state index contributed by atoms with van der Waals surface area (Å²) in [6, 6.07) is 5.07. The van der Waals surface area contributed by atoms with Gasteiger partial charge in [0, 0.05) is 13.2 Å². The summed E-state index contributed by atoms with van der Waals surface area (Å²) >= 11 is 0. The molecule has 4 aromatic rings. The molecule has 9 nitrogen and oxygen atoms in total. The van der Waals surface area contributed by atoms with E-state index in [-0.39, 0.29) is 16.3 Å². The first-order chi connectivity index (χ1) is 13.3. The summed E-state index contributed by atoms with van der Waals surface area (Å²) in [7, 11) is -1.72. The summed E-state index contributed by atoms with van der Waals surface area (Å²) in [6.07, 6.45) is 3.29. The van der Waals surface area contributed by atoms with Crippen LogP contribution in [0.4, 0.5) is 0 Å². The van der Waals surface area contributed by atoms with Gasteiger partial charge in [-0.3, -0.25) is 0 Å². The standard InChI is InChI=1S/C18H19N7O2S/c1-5-28(26,27)14-6-7-15(25-10-20-12(3)23-25)22-16(14)18-21-13-8-11(2)9-19-17(13)24(18)4/h6-10H,5H2,1-4H3. The van der Waals surface area contributed by atoms with Crippen molar-refractivity contribution in [1.82, 2.24) is 34.3 Å². The average Bonchev–Trinajstić information content (AvgIpc) is 3.24. The van der Waals surface area contributed by atoms with Gasteiger partial charge in [-0.15, -0.1) is 0 Å². The molecule has 0 bridgehead atoms. The number of rotatable bonds is 4. The Morgan fingerprint density at radius 3 is 2.57 bits per heavy atom. The smallest absolute Gasteiger partial charge is 0.180 e. The molecule has 0 aliphatic carbocycles. The number of hydrogen-bond acceptors (Lipinski definition) is 7. The molecule has 0 unspecified atom stereocenters. The van der Waals surface area contributed by atoms with Crippen LogP contribution in [0, 0.1) is 13.8 Å². The van der Waals surface area contributed by atoms with E-state index in [1.54, 1.807) is 43.8 Å². The molecule has 4 aromatic heterocycles. The van der Waals surface area contributed by atoms with Gasteiger partial charge in [0.15, 0.2) is 27.1 Å². The second-order valence-corrected chi connectivity index (χ2v) is 8.75. The Hall–Kier alpha value is -3.14. The molecule has 0 saturated carbocycles. The van der Waals surface area contributed by atoms with E-state index >= 15 is 0 Å². The summed E-state index contributed by atoms with van der Waals surface area (Å²) in [5.41, 5.74) is 2.58. The van der Waals surface area contributed by atoms with Crippen molar-refractivity contribution in [1.29, 1.82) is 0 Å². The number of hydrogen-bond donors (Lipinski definition) is 0. The van der Waals surface area contributed by atoms with Crippen molar-refractivity contribution in [2.45, 2.75) is 25.7 Å². The minimum atomic E-state index is -3.51. The lowest BCUT2D eigenvalue weighted by molar-refractivity contribution is 0.597. The molecule has 0 radical (unpaired) electrons. The molecule has 0 aromatic carbocycles. The molecule has 28 heavy (non-hydrogen) atoms. The first-order valence-corrected chi connectivity index (χ1v) is 10.4. The molecule has 0 amide bonds. The highest BCUT2D eigenvalue weighted by Crippen LogP contribution is 2.29. The minimum absolute atomic E-state index is 0.0369. The second kappa shape index (κ2) is 6.48. The number of fused-ring (bicyclic) bond motifs is 1. The molecule has 0 fully saturated rings. The van der Waals surface area contributed by atoms with Crippen molar-refractivity contribution in [3.8, 4) is 17.3 Å². The van der Waals surface area contributed by atoms with Gasteiger partial charge in [-0.1, -0.05) is 6.92 Å². The lowest BCUT2D eigenvalue weighted by Gasteiger charge is -2.10. The highest BCUT2D eigenvalue weighted by Gasteiger charge is 2.24. The van der Waals surface area contributed by atoms with Crippen LogP contribution < -0.4 is 0 Å². The van der Waals surface area contributed by atoms with Crippen LogP contribution in [-0.2, 0) is 16.9 Å². The van der Waals surface area contributed by atoms with Gasteiger partial charge in [0.1, 0.15) is 23.4 Å². The predicted molar refractivity (Wildman–Crippen MR) is 104 cm³/mol. The van der Waals surface area contributed by atoms with E-state index < -0.39 is 9.84 Å². The predicted octanol–water partition coefficient (Wildman–Crippen LogP) is 2.02. The Kier molecular flexibility index (Phi) is 4.22. The zero-order valence-electron chi connectivity index (χ0n) is 15.9. The fourth-order valence-corrected chi connectivity index (χ4v) is 3.99. The summed E-state index contributed by atoms with van der Waals surface area (Å²) < 4.78 is 28.7. The Balaban J connectivity index is 2.01. The number of imidazole rings is 1. The molecule has 0 saturated heterocycles. The van der Waals surface area contributed by atoms with Gasteiger partial charge in [0.25, 0.3) is 0 Å². The van der Waals surface area contributed by atoms with Gasteiger partial charge in [-0.05, 0) is 37.6 Å². The van der Waals surface area contributed by atoms with Crippen molar-refractivity contribution in [3.05, 3.63) is 42.1 Å². The van der Waals surface area contributed by atoms with Crippen LogP contribution in [0.1, 0.15) is 18.3 Å². The SMILES string of the molecule is CCS(=O)(=O)c1ccc(-n2cnc(C)n2)nc1-c1nc2cc(C)cnc2n1C. The Morgan fingerprint density at radius 1 is 1.11 bits per heavy atom. The first-order valence-electron chi connectivity index (χ1n) is 8.72. The van der Waals surface area contributed by atoms with Crippen LogP contribution >= 0.6 is 0 Å². The van der Waals surface area contributed by atoms with Crippen LogP contribution in [-0.4, -0.2) is 48.5 Å². The van der Waals surface area contributed by atoms with Crippen LogP contribution in [0.25, 0.3) is 28.5 Å². The molecular weight excluding hydrogens is 378 g/mol. The van der Waals surface area contributed by atoms with E-state index in [0.717, 1.165) is 5.56 Å². The molecule has 144 valence electrons. The van der Waals surface area contributed by atoms with Crippen molar-refractivity contribution in [2.24, 2.45) is 7.05 Å². The van der Waals surface area contributed by atoms with Crippen LogP contribution in [0.15, 0.2) is 35.6 Å². The van der Waals surface area contributed by atoms with E-state index in [1.165, 1.54) is 11.0 Å². The third-order valence-corrected chi connectivity index (χ3v) is 6.22. The average molecular weight is 397 g/mol. The van der Waals surface area contributed by atoms with Gasteiger partial charge >= 0.3 is 0 Å². The zero-order valence-corrected chi connectivity index (χ0v) is 16.8. The van der Waals surface area contributed by atoms with Gasteiger partial charge in [-0.25, -0.2) is 33.0 Å². The Labute approximate surface area is 162 Å². The van der Waals surface area contributed by atoms with Crippen molar-refractivity contribution in [2.75, 3.05) is 5.75 Å². The fraction of sp³-hybridized carbons (Fsp3) is 0.278. The molecule has 0 N–H and O–H groups in total. The maximum atomic E-state index is 12.7. The van der Waals surface area contributed by atoms with E-state index in [1.807, 2.05) is 13.0 Å². The van der Waals surface area contributed by atoms with Gasteiger partial charge in [0.05, 0.1) is 10.6 Å². The fourth-order valence-electron chi connectivity index (χ4n) is 2.97. The van der Waals surface area contributed by atoms with Crippen LogP contribution in [0.5, 0.6) is 0 Å². The topological polar surface area (TPSA) is 108 Å². The third-order valence-electron chi connectivity index (χ3n) is 4.46. The number of nitrogens with zero attached hydrogens (tertiary/aromatic N) is 7. The zero-order chi connectivity index (χ0) is 20.1. The second-order valence-electron chi connectivity index (χ2n) is 6.51. The normalized spacial score (nSPS) is 12.0. The maximum absolute atomic E-state index is 12.7. The van der Waals surface area contributed by atoms with Crippen LogP contribution in [0.2, 0.25) is 0 Å². The molecule has 0 atom stereocenters. The quantitative estimate of drug-likeness (QED) is 0.518. The van der Waals surface area contributed by atoms with E-state index in [2.05, 4.69) is 25.0 Å². The number of pyridine rings is 2. The third kappa shape index (κ3) is 2.95. The van der Waals surface area contributed by atoms with Gasteiger partial charge in [0.2, 0.25) is 0 Å². The van der Waals surface area contributed by atoms with Gasteiger partial charge < -0.3 is 4.57 Å². The Bertz CT molecular complexity index is 1300. The molecule has 4 heterocycles. The lowest BCUT2D eigenvalue weighted by Crippen LogP contribution is -2.11. The van der Waals surface area contributed by atoms with E-state index in [0.29, 0.717) is 28.6 Å². The summed E-state index contributed by atoms with van der Waals surface area (Å²) in [5.74, 6) is 1.45. The Morgan fingerprint density at radius 2 is 1.89 bits per heavy atom. The summed E-state index contributed by atoms with van der Waals surface area (Å²) in [4.78, 5) is 17.9. The minimum Gasteiger partial charge on any atom is -0.310 e. The van der Waals surface area contributed by atoms with Crippen molar-refractivity contribution in [3.63, 3.8) is 0 Å². The van der Waals surface area contributed by atoms with E-state index in [9.17, 15) is 8.42 Å². The molecule has 0 aliphatic rings. The number of aromatic nitrogens is 7. The maximum Gasteiger partial charge on any atom is 0.180 e. The highest BCUT2D eigenvalue weighted by atomic mass is 32.2. The summed E-state index contributed by atoms with van der Waals surface area (Å²) in [6.45, 7) is 5.31. The number of sulfone groups is 1. The lowest BCUT2D eigenvalue weighted by atomic mass is 10.3. The monoisotopic (exact) mass is 397 g/mol. The largest absolute Gasteiger partial charge is 0.310 e. The summed E-state index contributed by atoms with van der Waals surface area (Å²) in [5, 5.41) is 4.26. The van der Waals surface area contributed by atoms with Gasteiger partial charge in [-0.2, -0.15) is 5.10 Å². The van der Waals surface area contributed by atoms with E-state index in [4.69, 9.17) is 0 Å². The number of aryl methyl sites for hydroxylation is 3. The van der Waals surface area contributed by atoms with Crippen molar-refractivity contribution >= 4 is 21.0 Å². The molecule has 4 rings (SSSR count). The van der Waals surface area contributed by atoms with Crippen LogP contribution in [0.3, 0.4) is 0 Å². The molecule has 10 heteroatoms. The highest BCUT2D eigenvalue weighted by molar-refractivity contribution is 7.91. The first kappa shape index (κ1) is 18.2.